The van der Waals surface area contributed by atoms with Gasteiger partial charge < -0.3 is 10.6 Å². The van der Waals surface area contributed by atoms with E-state index in [2.05, 4.69) is 15.5 Å². The van der Waals surface area contributed by atoms with Crippen molar-refractivity contribution in [3.05, 3.63) is 77.1 Å². The van der Waals surface area contributed by atoms with E-state index in [1.165, 1.54) is 4.90 Å². The number of fused-ring (bicyclic) bond motifs is 2. The normalized spacial score (nSPS) is 23.4. The molecule has 2 aliphatic rings. The predicted molar refractivity (Wildman–Crippen MR) is 97.1 cm³/mol. The summed E-state index contributed by atoms with van der Waals surface area (Å²) in [6.07, 6.45) is -0.333. The van der Waals surface area contributed by atoms with Gasteiger partial charge in [-0.25, -0.2) is 11.4 Å². The second-order valence-electron chi connectivity index (χ2n) is 6.67. The van der Waals surface area contributed by atoms with Crippen molar-refractivity contribution >= 4 is 17.6 Å². The Balaban J connectivity index is 1.56. The van der Waals surface area contributed by atoms with Gasteiger partial charge in [0.1, 0.15) is 5.41 Å². The molecule has 0 unspecified atom stereocenters. The molecular weight excluding hydrogens is 328 g/mol. The number of benzene rings is 2. The van der Waals surface area contributed by atoms with E-state index < -0.39 is 11.6 Å². The number of rotatable bonds is 2. The summed E-state index contributed by atoms with van der Waals surface area (Å²) in [4.78, 5) is 30.5. The first-order valence-electron chi connectivity index (χ1n) is 8.50. The summed E-state index contributed by atoms with van der Waals surface area (Å²) >= 11 is 0. The van der Waals surface area contributed by atoms with Crippen LogP contribution in [0.5, 0.6) is 0 Å². The molecule has 0 bridgehead atoms. The summed E-state index contributed by atoms with van der Waals surface area (Å²) < 4.78 is 0. The minimum absolute atomic E-state index is 0.134. The van der Waals surface area contributed by atoms with Crippen molar-refractivity contribution in [2.45, 2.75) is 24.5 Å². The van der Waals surface area contributed by atoms with E-state index in [1.54, 1.807) is 0 Å². The van der Waals surface area contributed by atoms with Gasteiger partial charge in [-0.2, -0.15) is 0 Å². The summed E-state index contributed by atoms with van der Waals surface area (Å²) in [5.74, 6) is -0.134. The van der Waals surface area contributed by atoms with E-state index in [1.807, 2.05) is 54.6 Å². The standard InChI is InChI=1S/C20H18N4O2/c1-21-17-11-20(15-9-5-6-10-16(15)23-18(20)25)13-24(17)19(26)22-12-14-7-3-2-4-8-14/h2-10,17H,11-13H2,(H,22,26)(H,23,25)/t17-,20-/m0/s1. The Morgan fingerprint density at radius 1 is 1.23 bits per heavy atom. The number of hydrogen-bond donors (Lipinski definition) is 2. The van der Waals surface area contributed by atoms with Crippen LogP contribution in [-0.2, 0) is 16.8 Å². The number of carbonyl (C=O) groups excluding carboxylic acids is 2. The lowest BCUT2D eigenvalue weighted by Gasteiger charge is -2.21. The Kier molecular flexibility index (Phi) is 3.85. The number of nitrogens with zero attached hydrogens (tertiary/aromatic N) is 2. The van der Waals surface area contributed by atoms with Crippen LogP contribution in [0.4, 0.5) is 10.5 Å². The highest BCUT2D eigenvalue weighted by Crippen LogP contribution is 2.46. The fourth-order valence-electron chi connectivity index (χ4n) is 3.81. The summed E-state index contributed by atoms with van der Waals surface area (Å²) in [5.41, 5.74) is 1.79. The number of anilines is 1. The lowest BCUT2D eigenvalue weighted by molar-refractivity contribution is -0.120. The zero-order valence-electron chi connectivity index (χ0n) is 14.1. The van der Waals surface area contributed by atoms with Crippen molar-refractivity contribution in [2.24, 2.45) is 0 Å². The third-order valence-corrected chi connectivity index (χ3v) is 5.15. The van der Waals surface area contributed by atoms with Crippen LogP contribution in [0.1, 0.15) is 17.5 Å². The summed E-state index contributed by atoms with van der Waals surface area (Å²) in [5, 5.41) is 5.75. The van der Waals surface area contributed by atoms with Crippen LogP contribution in [0, 0.1) is 6.57 Å². The van der Waals surface area contributed by atoms with Crippen molar-refractivity contribution in [3.8, 4) is 0 Å². The van der Waals surface area contributed by atoms with Crippen LogP contribution in [0.15, 0.2) is 54.6 Å². The molecule has 3 amide bonds. The monoisotopic (exact) mass is 346 g/mol. The highest BCUT2D eigenvalue weighted by Gasteiger charge is 2.58. The minimum atomic E-state index is -0.837. The lowest BCUT2D eigenvalue weighted by atomic mass is 9.80. The number of para-hydroxylation sites is 1. The number of likely N-dealkylation sites (tertiary alicyclic amines) is 1. The Hall–Kier alpha value is -3.33. The molecule has 1 saturated heterocycles. The predicted octanol–water partition coefficient (Wildman–Crippen LogP) is 2.74. The van der Waals surface area contributed by atoms with Gasteiger partial charge in [-0.05, 0) is 17.2 Å². The molecule has 2 heterocycles. The number of nitrogens with one attached hydrogen (secondary N) is 2. The summed E-state index contributed by atoms with van der Waals surface area (Å²) in [7, 11) is 0. The number of carbonyl (C=O) groups is 2. The van der Waals surface area contributed by atoms with Gasteiger partial charge in [-0.1, -0.05) is 48.5 Å². The maximum absolute atomic E-state index is 12.7. The van der Waals surface area contributed by atoms with Crippen molar-refractivity contribution in [2.75, 3.05) is 11.9 Å². The molecule has 1 fully saturated rings. The highest BCUT2D eigenvalue weighted by atomic mass is 16.2. The molecular formula is C20H18N4O2. The Bertz CT molecular complexity index is 906. The van der Waals surface area contributed by atoms with Crippen LogP contribution >= 0.6 is 0 Å². The van der Waals surface area contributed by atoms with Crippen LogP contribution in [0.3, 0.4) is 0 Å². The summed E-state index contributed by atoms with van der Waals surface area (Å²) in [6, 6.07) is 16.8. The van der Waals surface area contributed by atoms with Crippen molar-refractivity contribution in [3.63, 3.8) is 0 Å². The van der Waals surface area contributed by atoms with E-state index in [0.717, 1.165) is 16.8 Å². The van der Waals surface area contributed by atoms with Gasteiger partial charge in [0.15, 0.2) is 0 Å². The number of urea groups is 1. The molecule has 26 heavy (non-hydrogen) atoms. The topological polar surface area (TPSA) is 65.8 Å². The van der Waals surface area contributed by atoms with Gasteiger partial charge in [-0.15, -0.1) is 0 Å². The van der Waals surface area contributed by atoms with Gasteiger partial charge in [0.2, 0.25) is 5.91 Å². The van der Waals surface area contributed by atoms with Crippen molar-refractivity contribution < 1.29 is 9.59 Å². The van der Waals surface area contributed by atoms with Gasteiger partial charge in [0, 0.05) is 18.8 Å². The first kappa shape index (κ1) is 16.2. The zero-order valence-corrected chi connectivity index (χ0v) is 14.1. The fraction of sp³-hybridized carbons (Fsp3) is 0.250. The van der Waals surface area contributed by atoms with E-state index in [9.17, 15) is 9.59 Å². The fourth-order valence-corrected chi connectivity index (χ4v) is 3.81. The van der Waals surface area contributed by atoms with Crippen molar-refractivity contribution in [1.82, 2.24) is 10.2 Å². The van der Waals surface area contributed by atoms with Crippen LogP contribution < -0.4 is 10.6 Å². The quantitative estimate of drug-likeness (QED) is 0.821. The Morgan fingerprint density at radius 3 is 2.73 bits per heavy atom. The minimum Gasteiger partial charge on any atom is -0.334 e. The molecule has 2 aromatic carbocycles. The first-order chi connectivity index (χ1) is 12.6. The smallest absolute Gasteiger partial charge is 0.323 e. The lowest BCUT2D eigenvalue weighted by Crippen LogP contribution is -2.44. The molecule has 4 rings (SSSR count). The van der Waals surface area contributed by atoms with Gasteiger partial charge in [0.05, 0.1) is 6.42 Å². The molecule has 2 N–H and O–H groups in total. The second kappa shape index (κ2) is 6.19. The molecule has 0 aromatic heterocycles. The first-order valence-corrected chi connectivity index (χ1v) is 8.50. The molecule has 2 atom stereocenters. The van der Waals surface area contributed by atoms with Crippen LogP contribution in [0.2, 0.25) is 0 Å². The maximum Gasteiger partial charge on any atom is 0.323 e. The zero-order chi connectivity index (χ0) is 18.1. The van der Waals surface area contributed by atoms with Gasteiger partial charge in [-0.3, -0.25) is 14.5 Å². The van der Waals surface area contributed by atoms with Crippen molar-refractivity contribution in [1.29, 1.82) is 0 Å². The van der Waals surface area contributed by atoms with Crippen LogP contribution in [0.25, 0.3) is 4.85 Å². The third-order valence-electron chi connectivity index (χ3n) is 5.15. The Labute approximate surface area is 151 Å². The molecule has 6 nitrogen and oxygen atoms in total. The van der Waals surface area contributed by atoms with E-state index in [4.69, 9.17) is 6.57 Å². The van der Waals surface area contributed by atoms with Gasteiger partial charge in [0.25, 0.3) is 0 Å². The molecule has 6 heteroatoms. The molecule has 0 saturated carbocycles. The average Bonchev–Trinajstić information content (AvgIpc) is 3.20. The Morgan fingerprint density at radius 2 is 1.96 bits per heavy atom. The molecule has 0 aliphatic carbocycles. The van der Waals surface area contributed by atoms with E-state index >= 15 is 0 Å². The number of amides is 3. The molecule has 1 spiro atoms. The van der Waals surface area contributed by atoms with E-state index in [0.29, 0.717) is 13.0 Å². The SMILES string of the molecule is [C-]#[N+][C@@H]1C[C@@]2(CN1C(=O)NCc1ccccc1)C(=O)Nc1ccccc12. The molecule has 0 radical (unpaired) electrons. The maximum atomic E-state index is 12.7. The average molecular weight is 346 g/mol. The third kappa shape index (κ3) is 2.49. The second-order valence-corrected chi connectivity index (χ2v) is 6.67. The van der Waals surface area contributed by atoms with E-state index in [-0.39, 0.29) is 18.5 Å². The van der Waals surface area contributed by atoms with Gasteiger partial charge >= 0.3 is 12.2 Å². The number of hydrogen-bond acceptors (Lipinski definition) is 2. The largest absolute Gasteiger partial charge is 0.334 e. The summed E-state index contributed by atoms with van der Waals surface area (Å²) in [6.45, 7) is 8.09. The molecule has 2 aliphatic heterocycles. The molecule has 2 aromatic rings. The van der Waals surface area contributed by atoms with Crippen LogP contribution in [-0.4, -0.2) is 29.5 Å². The molecule has 130 valence electrons. The highest BCUT2D eigenvalue weighted by molar-refractivity contribution is 6.07.